The van der Waals surface area contributed by atoms with Gasteiger partial charge in [-0.05, 0) is 43.3 Å². The normalized spacial score (nSPS) is 14.5. The van der Waals surface area contributed by atoms with Gasteiger partial charge in [-0.25, -0.2) is 9.37 Å². The summed E-state index contributed by atoms with van der Waals surface area (Å²) in [5.74, 6) is 0.960. The molecule has 0 saturated carbocycles. The molecule has 0 spiro atoms. The molecule has 164 valence electrons. The molecule has 1 fully saturated rings. The maximum atomic E-state index is 13.1. The molecule has 0 aliphatic carbocycles. The molecule has 31 heavy (non-hydrogen) atoms. The van der Waals surface area contributed by atoms with Gasteiger partial charge in [0.1, 0.15) is 12.1 Å². The summed E-state index contributed by atoms with van der Waals surface area (Å²) in [6.07, 6.45) is 2.36. The van der Waals surface area contributed by atoms with E-state index in [9.17, 15) is 4.39 Å². The Hall–Kier alpha value is -2.62. The fourth-order valence-corrected chi connectivity index (χ4v) is 3.48. The highest BCUT2D eigenvalue weighted by atomic mass is 127. The lowest BCUT2D eigenvalue weighted by Crippen LogP contribution is -2.51. The third-order valence-corrected chi connectivity index (χ3v) is 5.29. The second kappa shape index (κ2) is 10.6. The van der Waals surface area contributed by atoms with E-state index in [1.54, 1.807) is 6.26 Å². The predicted octanol–water partition coefficient (Wildman–Crippen LogP) is 4.09. The second-order valence-corrected chi connectivity index (χ2v) is 7.45. The largest absolute Gasteiger partial charge is 0.444 e. The van der Waals surface area contributed by atoms with Gasteiger partial charge in [0.2, 0.25) is 5.89 Å². The molecule has 2 N–H and O–H groups in total. The number of hydrogen-bond acceptors (Lipinski definition) is 4. The summed E-state index contributed by atoms with van der Waals surface area (Å²) in [6, 6.07) is 14.7. The van der Waals surface area contributed by atoms with E-state index >= 15 is 0 Å². The maximum absolute atomic E-state index is 13.1. The van der Waals surface area contributed by atoms with Crippen molar-refractivity contribution in [3.63, 3.8) is 0 Å². The van der Waals surface area contributed by atoms with E-state index in [4.69, 9.17) is 10.2 Å². The number of nitrogens with two attached hydrogens (primary N) is 1. The van der Waals surface area contributed by atoms with E-state index in [0.29, 0.717) is 24.8 Å². The van der Waals surface area contributed by atoms with Gasteiger partial charge in [0, 0.05) is 50.4 Å². The van der Waals surface area contributed by atoms with Gasteiger partial charge in [-0.15, -0.1) is 24.0 Å². The van der Waals surface area contributed by atoms with E-state index < -0.39 is 0 Å². The Morgan fingerprint density at radius 2 is 1.74 bits per heavy atom. The van der Waals surface area contributed by atoms with Crippen LogP contribution in [0.1, 0.15) is 11.3 Å². The van der Waals surface area contributed by atoms with Crippen LogP contribution in [0.25, 0.3) is 11.5 Å². The number of aliphatic imine (C=N–C) groups is 1. The molecule has 1 aliphatic rings. The van der Waals surface area contributed by atoms with Gasteiger partial charge < -0.3 is 20.0 Å². The van der Waals surface area contributed by atoms with Crippen LogP contribution >= 0.6 is 24.0 Å². The van der Waals surface area contributed by atoms with E-state index in [-0.39, 0.29) is 29.8 Å². The molecule has 1 saturated heterocycles. The maximum Gasteiger partial charge on any atom is 0.226 e. The van der Waals surface area contributed by atoms with Crippen molar-refractivity contribution in [2.75, 3.05) is 37.6 Å². The third kappa shape index (κ3) is 5.96. The summed E-state index contributed by atoms with van der Waals surface area (Å²) in [5.41, 5.74) is 10.3. The highest BCUT2D eigenvalue weighted by Crippen LogP contribution is 2.19. The number of hydrogen-bond donors (Lipinski definition) is 1. The Morgan fingerprint density at radius 1 is 1.06 bits per heavy atom. The van der Waals surface area contributed by atoms with Crippen LogP contribution in [0.15, 0.2) is 64.2 Å². The van der Waals surface area contributed by atoms with Crippen molar-refractivity contribution in [1.82, 2.24) is 9.88 Å². The van der Waals surface area contributed by atoms with Gasteiger partial charge in [-0.1, -0.05) is 17.7 Å². The summed E-state index contributed by atoms with van der Waals surface area (Å²) in [4.78, 5) is 13.4. The molecule has 1 aromatic heterocycles. The SMILES string of the molecule is Cc1ccc(-c2nc(CCN=C(N)N3CCN(c4ccc(F)cc4)CC3)co2)cc1.I. The van der Waals surface area contributed by atoms with Crippen molar-refractivity contribution >= 4 is 35.6 Å². The van der Waals surface area contributed by atoms with Crippen LogP contribution in [0, 0.1) is 12.7 Å². The summed E-state index contributed by atoms with van der Waals surface area (Å²) in [6.45, 7) is 5.83. The standard InChI is InChI=1S/C23H26FN5O.HI/c1-17-2-4-18(5-3-17)22-27-20(16-30-22)10-11-26-23(25)29-14-12-28(13-15-29)21-8-6-19(24)7-9-21;/h2-9,16H,10-15H2,1H3,(H2,25,26);1H. The quantitative estimate of drug-likeness (QED) is 0.303. The van der Waals surface area contributed by atoms with Gasteiger partial charge in [0.15, 0.2) is 5.96 Å². The van der Waals surface area contributed by atoms with Crippen LogP contribution < -0.4 is 10.6 Å². The molecular weight excluding hydrogens is 508 g/mol. The van der Waals surface area contributed by atoms with Crippen molar-refractivity contribution in [1.29, 1.82) is 0 Å². The van der Waals surface area contributed by atoms with E-state index in [2.05, 4.69) is 26.7 Å². The molecular formula is C23H27FIN5O. The topological polar surface area (TPSA) is 70.9 Å². The molecule has 1 aliphatic heterocycles. The molecule has 2 heterocycles. The molecule has 0 bridgehead atoms. The Morgan fingerprint density at radius 3 is 2.42 bits per heavy atom. The number of rotatable bonds is 5. The number of nitrogens with zero attached hydrogens (tertiary/aromatic N) is 4. The fourth-order valence-electron chi connectivity index (χ4n) is 3.48. The smallest absolute Gasteiger partial charge is 0.226 e. The van der Waals surface area contributed by atoms with E-state index in [0.717, 1.165) is 43.1 Å². The molecule has 2 aromatic carbocycles. The number of aryl methyl sites for hydroxylation is 1. The zero-order valence-corrected chi connectivity index (χ0v) is 19.8. The summed E-state index contributed by atoms with van der Waals surface area (Å²) < 4.78 is 18.7. The van der Waals surface area contributed by atoms with Crippen LogP contribution in [0.2, 0.25) is 0 Å². The van der Waals surface area contributed by atoms with Crippen molar-refractivity contribution in [3.05, 3.63) is 71.9 Å². The van der Waals surface area contributed by atoms with Crippen molar-refractivity contribution in [2.45, 2.75) is 13.3 Å². The minimum atomic E-state index is -0.216. The zero-order valence-electron chi connectivity index (χ0n) is 17.5. The highest BCUT2D eigenvalue weighted by Gasteiger charge is 2.18. The molecule has 6 nitrogen and oxygen atoms in total. The molecule has 0 atom stereocenters. The van der Waals surface area contributed by atoms with Crippen molar-refractivity contribution < 1.29 is 8.81 Å². The average molecular weight is 535 g/mol. The predicted molar refractivity (Wildman–Crippen MR) is 132 cm³/mol. The number of benzene rings is 2. The lowest BCUT2D eigenvalue weighted by molar-refractivity contribution is 0.381. The summed E-state index contributed by atoms with van der Waals surface area (Å²) >= 11 is 0. The first-order chi connectivity index (χ1) is 14.6. The number of aromatic nitrogens is 1. The number of oxazole rings is 1. The lowest BCUT2D eigenvalue weighted by Gasteiger charge is -2.36. The first kappa shape index (κ1) is 23.1. The number of halogens is 2. The number of piperazine rings is 1. The van der Waals surface area contributed by atoms with Gasteiger partial charge in [0.05, 0.1) is 5.69 Å². The minimum Gasteiger partial charge on any atom is -0.444 e. The van der Waals surface area contributed by atoms with Crippen molar-refractivity contribution in [2.24, 2.45) is 10.7 Å². The van der Waals surface area contributed by atoms with Crippen LogP contribution in [0.3, 0.4) is 0 Å². The molecule has 0 unspecified atom stereocenters. The van der Waals surface area contributed by atoms with Gasteiger partial charge in [-0.2, -0.15) is 0 Å². The number of guanidine groups is 1. The Bertz CT molecular complexity index is 996. The van der Waals surface area contributed by atoms with Crippen LogP contribution in [0.4, 0.5) is 10.1 Å². The van der Waals surface area contributed by atoms with Crippen LogP contribution in [0.5, 0.6) is 0 Å². The second-order valence-electron chi connectivity index (χ2n) is 7.45. The summed E-state index contributed by atoms with van der Waals surface area (Å²) in [5, 5.41) is 0. The first-order valence-corrected chi connectivity index (χ1v) is 10.2. The third-order valence-electron chi connectivity index (χ3n) is 5.29. The van der Waals surface area contributed by atoms with Gasteiger partial charge in [0.25, 0.3) is 0 Å². The monoisotopic (exact) mass is 535 g/mol. The Kier molecular flexibility index (Phi) is 7.89. The zero-order chi connectivity index (χ0) is 20.9. The molecule has 4 rings (SSSR count). The van der Waals surface area contributed by atoms with Gasteiger partial charge in [-0.3, -0.25) is 4.99 Å². The minimum absolute atomic E-state index is 0. The van der Waals surface area contributed by atoms with Crippen LogP contribution in [-0.2, 0) is 6.42 Å². The van der Waals surface area contributed by atoms with Crippen molar-refractivity contribution in [3.8, 4) is 11.5 Å². The van der Waals surface area contributed by atoms with E-state index in [1.165, 1.54) is 17.7 Å². The van der Waals surface area contributed by atoms with Crippen LogP contribution in [-0.4, -0.2) is 48.6 Å². The lowest BCUT2D eigenvalue weighted by atomic mass is 10.1. The van der Waals surface area contributed by atoms with Gasteiger partial charge >= 0.3 is 0 Å². The molecule has 3 aromatic rings. The summed E-state index contributed by atoms with van der Waals surface area (Å²) in [7, 11) is 0. The average Bonchev–Trinajstić information content (AvgIpc) is 3.24. The molecule has 0 radical (unpaired) electrons. The Balaban J connectivity index is 0.00000272. The molecule has 0 amide bonds. The fraction of sp³-hybridized carbons (Fsp3) is 0.304. The highest BCUT2D eigenvalue weighted by molar-refractivity contribution is 14.0. The number of anilines is 1. The first-order valence-electron chi connectivity index (χ1n) is 10.2. The van der Waals surface area contributed by atoms with E-state index in [1.807, 2.05) is 36.4 Å². The Labute approximate surface area is 199 Å². The molecule has 8 heteroatoms.